The van der Waals surface area contributed by atoms with Gasteiger partial charge in [0, 0.05) is 22.0 Å². The zero-order valence-corrected chi connectivity index (χ0v) is 14.7. The molecule has 0 aliphatic rings. The lowest BCUT2D eigenvalue weighted by Crippen LogP contribution is -2.08. The number of halogens is 1. The standard InChI is InChI=1S/C21H13ClO5/c22-14-6-7-17(23)16(10-14)21(25)26-11-13-9-19(24)27-18-8-5-12-3-1-2-4-15(12)20(13)18/h1-10,23H,11H2. The number of rotatable bonds is 3. The van der Waals surface area contributed by atoms with Crippen molar-refractivity contribution < 1.29 is 19.1 Å². The second kappa shape index (κ2) is 6.78. The predicted octanol–water partition coefficient (Wildman–Crippen LogP) is 4.66. The van der Waals surface area contributed by atoms with Crippen molar-refractivity contribution in [2.45, 2.75) is 6.61 Å². The molecule has 5 nitrogen and oxygen atoms in total. The van der Waals surface area contributed by atoms with Crippen molar-refractivity contribution in [2.75, 3.05) is 0 Å². The maximum atomic E-state index is 12.3. The molecule has 134 valence electrons. The van der Waals surface area contributed by atoms with Crippen LogP contribution in [0.1, 0.15) is 15.9 Å². The van der Waals surface area contributed by atoms with Gasteiger partial charge in [-0.1, -0.05) is 41.9 Å². The van der Waals surface area contributed by atoms with Gasteiger partial charge in [0.15, 0.2) is 0 Å². The number of ether oxygens (including phenoxy) is 1. The number of phenols is 1. The van der Waals surface area contributed by atoms with Crippen LogP contribution in [0.3, 0.4) is 0 Å². The van der Waals surface area contributed by atoms with Gasteiger partial charge in [0.25, 0.3) is 0 Å². The maximum Gasteiger partial charge on any atom is 0.342 e. The minimum absolute atomic E-state index is 0.0420. The molecule has 27 heavy (non-hydrogen) atoms. The lowest BCUT2D eigenvalue weighted by Gasteiger charge is -2.10. The summed E-state index contributed by atoms with van der Waals surface area (Å²) in [5.41, 5.74) is 0.361. The summed E-state index contributed by atoms with van der Waals surface area (Å²) in [7, 11) is 0. The topological polar surface area (TPSA) is 76.7 Å². The molecule has 0 bridgehead atoms. The van der Waals surface area contributed by atoms with Crippen LogP contribution in [0, 0.1) is 0 Å². The van der Waals surface area contributed by atoms with Crippen molar-refractivity contribution >= 4 is 39.3 Å². The molecule has 0 saturated carbocycles. The molecular weight excluding hydrogens is 368 g/mol. The van der Waals surface area contributed by atoms with Crippen LogP contribution in [-0.4, -0.2) is 11.1 Å². The Bertz CT molecular complexity index is 1240. The maximum absolute atomic E-state index is 12.3. The summed E-state index contributed by atoms with van der Waals surface area (Å²) in [6.45, 7) is -0.152. The van der Waals surface area contributed by atoms with E-state index in [4.69, 9.17) is 20.8 Å². The highest BCUT2D eigenvalue weighted by molar-refractivity contribution is 6.31. The fraction of sp³-hybridized carbons (Fsp3) is 0.0476. The van der Waals surface area contributed by atoms with Crippen molar-refractivity contribution in [1.82, 2.24) is 0 Å². The summed E-state index contributed by atoms with van der Waals surface area (Å²) in [6.07, 6.45) is 0. The molecule has 1 N–H and O–H groups in total. The van der Waals surface area contributed by atoms with Gasteiger partial charge in [-0.15, -0.1) is 0 Å². The van der Waals surface area contributed by atoms with Gasteiger partial charge in [-0.05, 0) is 35.0 Å². The Balaban J connectivity index is 1.75. The molecule has 0 atom stereocenters. The van der Waals surface area contributed by atoms with E-state index in [1.807, 2.05) is 30.3 Å². The van der Waals surface area contributed by atoms with Gasteiger partial charge in [-0.3, -0.25) is 0 Å². The Morgan fingerprint density at radius 1 is 1.07 bits per heavy atom. The van der Waals surface area contributed by atoms with Crippen molar-refractivity contribution in [1.29, 1.82) is 0 Å². The largest absolute Gasteiger partial charge is 0.507 e. The Morgan fingerprint density at radius 3 is 2.74 bits per heavy atom. The van der Waals surface area contributed by atoms with Crippen LogP contribution in [0.4, 0.5) is 0 Å². The summed E-state index contributed by atoms with van der Waals surface area (Å²) in [5.74, 6) is -0.969. The third-order valence-corrected chi connectivity index (χ3v) is 4.49. The third-order valence-electron chi connectivity index (χ3n) is 4.25. The van der Waals surface area contributed by atoms with E-state index in [-0.39, 0.29) is 17.9 Å². The summed E-state index contributed by atoms with van der Waals surface area (Å²) >= 11 is 5.87. The van der Waals surface area contributed by atoms with E-state index in [9.17, 15) is 14.7 Å². The van der Waals surface area contributed by atoms with E-state index in [0.29, 0.717) is 21.6 Å². The van der Waals surface area contributed by atoms with E-state index >= 15 is 0 Å². The first-order chi connectivity index (χ1) is 13.0. The lowest BCUT2D eigenvalue weighted by molar-refractivity contribution is 0.0470. The van der Waals surface area contributed by atoms with Gasteiger partial charge in [-0.25, -0.2) is 9.59 Å². The number of phenolic OH excluding ortho intramolecular Hbond substituents is 1. The second-order valence-corrected chi connectivity index (χ2v) is 6.42. The molecule has 4 rings (SSSR count). The van der Waals surface area contributed by atoms with Crippen LogP contribution in [0.2, 0.25) is 5.02 Å². The minimum Gasteiger partial charge on any atom is -0.507 e. The number of hydrogen-bond acceptors (Lipinski definition) is 5. The summed E-state index contributed by atoms with van der Waals surface area (Å²) in [6, 6.07) is 16.6. The van der Waals surface area contributed by atoms with E-state index in [1.54, 1.807) is 6.07 Å². The molecule has 0 aliphatic heterocycles. The van der Waals surface area contributed by atoms with Gasteiger partial charge in [-0.2, -0.15) is 0 Å². The minimum atomic E-state index is -0.739. The molecule has 1 aromatic heterocycles. The molecule has 0 radical (unpaired) electrons. The van der Waals surface area contributed by atoms with E-state index in [2.05, 4.69) is 0 Å². The van der Waals surface area contributed by atoms with Crippen LogP contribution in [0.15, 0.2) is 69.9 Å². The van der Waals surface area contributed by atoms with Crippen molar-refractivity contribution in [2.24, 2.45) is 0 Å². The number of carbonyl (C=O) groups is 1. The molecule has 0 saturated heterocycles. The highest BCUT2D eigenvalue weighted by Crippen LogP contribution is 2.28. The predicted molar refractivity (Wildman–Crippen MR) is 102 cm³/mol. The van der Waals surface area contributed by atoms with Crippen molar-refractivity contribution in [3.8, 4) is 5.75 Å². The highest BCUT2D eigenvalue weighted by atomic mass is 35.5. The number of carbonyl (C=O) groups excluding carboxylic acids is 1. The molecule has 1 heterocycles. The van der Waals surface area contributed by atoms with E-state index in [0.717, 1.165) is 10.8 Å². The number of esters is 1. The molecule has 0 unspecified atom stereocenters. The normalized spacial score (nSPS) is 11.0. The first kappa shape index (κ1) is 17.1. The average Bonchev–Trinajstić information content (AvgIpc) is 2.67. The monoisotopic (exact) mass is 380 g/mol. The van der Waals surface area contributed by atoms with Crippen LogP contribution >= 0.6 is 11.6 Å². The van der Waals surface area contributed by atoms with Crippen molar-refractivity contribution in [3.63, 3.8) is 0 Å². The zero-order chi connectivity index (χ0) is 19.0. The van der Waals surface area contributed by atoms with Gasteiger partial charge in [0.05, 0.1) is 0 Å². The zero-order valence-electron chi connectivity index (χ0n) is 13.9. The van der Waals surface area contributed by atoms with Gasteiger partial charge in [0.1, 0.15) is 23.5 Å². The highest BCUT2D eigenvalue weighted by Gasteiger charge is 2.16. The van der Waals surface area contributed by atoms with E-state index in [1.165, 1.54) is 24.3 Å². The Kier molecular flexibility index (Phi) is 4.30. The third kappa shape index (κ3) is 3.25. The summed E-state index contributed by atoms with van der Waals surface area (Å²) in [4.78, 5) is 24.2. The van der Waals surface area contributed by atoms with Crippen LogP contribution in [-0.2, 0) is 11.3 Å². The second-order valence-electron chi connectivity index (χ2n) is 5.99. The number of hydrogen-bond donors (Lipinski definition) is 1. The van der Waals surface area contributed by atoms with Crippen LogP contribution in [0.25, 0.3) is 21.7 Å². The van der Waals surface area contributed by atoms with Crippen LogP contribution in [0.5, 0.6) is 5.75 Å². The average molecular weight is 381 g/mol. The number of benzene rings is 3. The first-order valence-corrected chi connectivity index (χ1v) is 8.51. The molecule has 0 aliphatic carbocycles. The molecular formula is C21H13ClO5. The molecule has 4 aromatic rings. The smallest absolute Gasteiger partial charge is 0.342 e. The fourth-order valence-electron chi connectivity index (χ4n) is 3.03. The van der Waals surface area contributed by atoms with E-state index < -0.39 is 11.6 Å². The van der Waals surface area contributed by atoms with Gasteiger partial charge >= 0.3 is 11.6 Å². The molecule has 0 fully saturated rings. The quantitative estimate of drug-likeness (QED) is 0.318. The first-order valence-electron chi connectivity index (χ1n) is 8.13. The Labute approximate surface area is 158 Å². The van der Waals surface area contributed by atoms with Crippen molar-refractivity contribution in [3.05, 3.63) is 87.2 Å². The summed E-state index contributed by atoms with van der Waals surface area (Å²) < 4.78 is 10.6. The molecule has 3 aromatic carbocycles. The van der Waals surface area contributed by atoms with Crippen LogP contribution < -0.4 is 5.63 Å². The molecule has 0 amide bonds. The fourth-order valence-corrected chi connectivity index (χ4v) is 3.20. The number of fused-ring (bicyclic) bond motifs is 3. The van der Waals surface area contributed by atoms with Gasteiger partial charge < -0.3 is 14.3 Å². The SMILES string of the molecule is O=C(OCc1cc(=O)oc2ccc3ccccc3c12)c1cc(Cl)ccc1O. The molecule has 0 spiro atoms. The lowest BCUT2D eigenvalue weighted by atomic mass is 10.0. The Morgan fingerprint density at radius 2 is 1.89 bits per heavy atom. The summed E-state index contributed by atoms with van der Waals surface area (Å²) in [5, 5.41) is 12.7. The molecule has 6 heteroatoms. The number of aromatic hydroxyl groups is 1. The van der Waals surface area contributed by atoms with Gasteiger partial charge in [0.2, 0.25) is 0 Å². The Hall–Kier alpha value is -3.31.